The Kier molecular flexibility index (Phi) is 3.33. The van der Waals surface area contributed by atoms with E-state index in [4.69, 9.17) is 14.4 Å². The lowest BCUT2D eigenvalue weighted by molar-refractivity contribution is 0.00578. The van der Waals surface area contributed by atoms with Gasteiger partial charge in [-0.2, -0.15) is 5.10 Å². The molecule has 0 aromatic carbocycles. The molecular formula is C15H22BN3O2. The van der Waals surface area contributed by atoms with Gasteiger partial charge < -0.3 is 9.31 Å². The summed E-state index contributed by atoms with van der Waals surface area (Å²) in [6.07, 6.45) is 2.81. The van der Waals surface area contributed by atoms with E-state index in [1.54, 1.807) is 6.20 Å². The molecule has 2 aromatic heterocycles. The van der Waals surface area contributed by atoms with Gasteiger partial charge in [0.2, 0.25) is 0 Å². The van der Waals surface area contributed by atoms with E-state index in [9.17, 15) is 0 Å². The van der Waals surface area contributed by atoms with Crippen molar-refractivity contribution in [1.82, 2.24) is 14.8 Å². The Bertz CT molecular complexity index is 650. The molecule has 1 saturated heterocycles. The minimum absolute atomic E-state index is 0.360. The number of aryl methyl sites for hydroxylation is 1. The molecule has 21 heavy (non-hydrogen) atoms. The van der Waals surface area contributed by atoms with Gasteiger partial charge in [0.15, 0.2) is 5.65 Å². The molecule has 112 valence electrons. The van der Waals surface area contributed by atoms with Crippen molar-refractivity contribution in [3.63, 3.8) is 0 Å². The monoisotopic (exact) mass is 287 g/mol. The summed E-state index contributed by atoms with van der Waals surface area (Å²) >= 11 is 0. The predicted molar refractivity (Wildman–Crippen MR) is 83.5 cm³/mol. The van der Waals surface area contributed by atoms with Crippen molar-refractivity contribution in [2.75, 3.05) is 0 Å². The van der Waals surface area contributed by atoms with E-state index in [2.05, 4.69) is 39.6 Å². The Labute approximate surface area is 125 Å². The molecule has 0 bridgehead atoms. The van der Waals surface area contributed by atoms with Gasteiger partial charge in [-0.05, 0) is 46.2 Å². The zero-order valence-corrected chi connectivity index (χ0v) is 13.4. The second-order valence-electron chi connectivity index (χ2n) is 6.57. The lowest BCUT2D eigenvalue weighted by atomic mass is 9.83. The van der Waals surface area contributed by atoms with Crippen LogP contribution in [0.1, 0.15) is 41.0 Å². The van der Waals surface area contributed by atoms with Crippen molar-refractivity contribution in [3.05, 3.63) is 18.3 Å². The summed E-state index contributed by atoms with van der Waals surface area (Å²) in [5.74, 6) is 0. The molecule has 3 rings (SSSR count). The summed E-state index contributed by atoms with van der Waals surface area (Å²) < 4.78 is 14.2. The molecule has 0 spiro atoms. The molecule has 6 heteroatoms. The van der Waals surface area contributed by atoms with Crippen LogP contribution < -0.4 is 5.59 Å². The Morgan fingerprint density at radius 1 is 1.19 bits per heavy atom. The zero-order valence-electron chi connectivity index (χ0n) is 13.4. The van der Waals surface area contributed by atoms with Crippen LogP contribution in [0.2, 0.25) is 0 Å². The first kappa shape index (κ1) is 14.5. The Hall–Kier alpha value is -1.40. The normalized spacial score (nSPS) is 20.3. The Morgan fingerprint density at radius 2 is 1.86 bits per heavy atom. The number of fused-ring (bicyclic) bond motifs is 1. The van der Waals surface area contributed by atoms with Crippen molar-refractivity contribution in [2.45, 2.75) is 58.8 Å². The number of hydrogen-bond acceptors (Lipinski definition) is 4. The van der Waals surface area contributed by atoms with Gasteiger partial charge in [0, 0.05) is 18.1 Å². The van der Waals surface area contributed by atoms with Gasteiger partial charge >= 0.3 is 7.12 Å². The zero-order chi connectivity index (χ0) is 15.3. The van der Waals surface area contributed by atoms with Crippen LogP contribution in [0.5, 0.6) is 0 Å². The van der Waals surface area contributed by atoms with Crippen molar-refractivity contribution in [1.29, 1.82) is 0 Å². The summed E-state index contributed by atoms with van der Waals surface area (Å²) in [5.41, 5.74) is 0.996. The molecule has 2 aromatic rings. The number of rotatable bonds is 3. The third kappa shape index (κ3) is 2.26. The lowest BCUT2D eigenvalue weighted by Gasteiger charge is -2.32. The number of nitrogens with zero attached hydrogens (tertiary/aromatic N) is 3. The highest BCUT2D eigenvalue weighted by molar-refractivity contribution is 6.64. The fraction of sp³-hybridized carbons (Fsp3) is 0.600. The predicted octanol–water partition coefficient (Wildman–Crippen LogP) is 2.14. The van der Waals surface area contributed by atoms with E-state index in [0.717, 1.165) is 29.6 Å². The van der Waals surface area contributed by atoms with Gasteiger partial charge in [0.05, 0.1) is 11.2 Å². The summed E-state index contributed by atoms with van der Waals surface area (Å²) in [6, 6.07) is 3.96. The maximum atomic E-state index is 6.12. The van der Waals surface area contributed by atoms with Crippen molar-refractivity contribution in [2.24, 2.45) is 0 Å². The van der Waals surface area contributed by atoms with Gasteiger partial charge in [-0.3, -0.25) is 0 Å². The number of pyridine rings is 1. The molecule has 0 aliphatic carbocycles. The second-order valence-corrected chi connectivity index (χ2v) is 6.57. The average Bonchev–Trinajstić information content (AvgIpc) is 2.86. The molecule has 1 fully saturated rings. The molecule has 0 atom stereocenters. The molecule has 5 nitrogen and oxygen atoms in total. The van der Waals surface area contributed by atoms with Crippen LogP contribution in [-0.2, 0) is 15.9 Å². The topological polar surface area (TPSA) is 49.2 Å². The maximum absolute atomic E-state index is 6.12. The third-order valence-corrected chi connectivity index (χ3v) is 4.45. The minimum Gasteiger partial charge on any atom is -0.398 e. The molecule has 0 saturated carbocycles. The van der Waals surface area contributed by atoms with E-state index in [1.165, 1.54) is 0 Å². The highest BCUT2D eigenvalue weighted by Crippen LogP contribution is 2.36. The van der Waals surface area contributed by atoms with E-state index in [1.807, 2.05) is 16.8 Å². The first-order valence-corrected chi connectivity index (χ1v) is 7.53. The van der Waals surface area contributed by atoms with Crippen LogP contribution in [0.4, 0.5) is 0 Å². The largest absolute Gasteiger partial charge is 0.517 e. The van der Waals surface area contributed by atoms with Gasteiger partial charge in [0.1, 0.15) is 5.59 Å². The van der Waals surface area contributed by atoms with Crippen LogP contribution in [-0.4, -0.2) is 33.1 Å². The van der Waals surface area contributed by atoms with Crippen LogP contribution in [0.3, 0.4) is 0 Å². The fourth-order valence-electron chi connectivity index (χ4n) is 2.53. The quantitative estimate of drug-likeness (QED) is 0.812. The number of hydrogen-bond donors (Lipinski definition) is 0. The number of aromatic nitrogens is 3. The summed E-state index contributed by atoms with van der Waals surface area (Å²) in [4.78, 5) is 4.45. The molecular weight excluding hydrogens is 265 g/mol. The average molecular weight is 287 g/mol. The van der Waals surface area contributed by atoms with E-state index in [0.29, 0.717) is 0 Å². The van der Waals surface area contributed by atoms with Gasteiger partial charge in [-0.15, -0.1) is 0 Å². The smallest absolute Gasteiger partial charge is 0.398 e. The fourth-order valence-corrected chi connectivity index (χ4v) is 2.53. The molecule has 1 aliphatic rings. The SMILES string of the molecule is CCCn1nc(B2OC(C)(C)C(C)(C)O2)c2cccnc21. The van der Waals surface area contributed by atoms with E-state index < -0.39 is 7.12 Å². The van der Waals surface area contributed by atoms with E-state index >= 15 is 0 Å². The molecule has 0 radical (unpaired) electrons. The summed E-state index contributed by atoms with van der Waals surface area (Å²) in [6.45, 7) is 11.2. The van der Waals surface area contributed by atoms with Crippen LogP contribution >= 0.6 is 0 Å². The highest BCUT2D eigenvalue weighted by atomic mass is 16.7. The summed E-state index contributed by atoms with van der Waals surface area (Å²) in [7, 11) is -0.445. The minimum atomic E-state index is -0.445. The third-order valence-electron chi connectivity index (χ3n) is 4.45. The van der Waals surface area contributed by atoms with Crippen LogP contribution in [0.15, 0.2) is 18.3 Å². The van der Waals surface area contributed by atoms with Crippen molar-refractivity contribution < 1.29 is 9.31 Å². The van der Waals surface area contributed by atoms with E-state index in [-0.39, 0.29) is 11.2 Å². The second kappa shape index (κ2) is 4.82. The van der Waals surface area contributed by atoms with Crippen molar-refractivity contribution >= 4 is 23.7 Å². The Morgan fingerprint density at radius 3 is 2.48 bits per heavy atom. The summed E-state index contributed by atoms with van der Waals surface area (Å²) in [5, 5.41) is 5.70. The standard InChI is InChI=1S/C15H22BN3O2/c1-6-10-19-13-11(8-7-9-17-13)12(18-19)16-20-14(2,3)15(4,5)21-16/h7-9H,6,10H2,1-5H3. The van der Waals surface area contributed by atoms with Gasteiger partial charge in [-0.25, -0.2) is 9.67 Å². The Balaban J connectivity index is 2.06. The van der Waals surface area contributed by atoms with Gasteiger partial charge in [-0.1, -0.05) is 6.92 Å². The maximum Gasteiger partial charge on any atom is 0.517 e. The molecule has 0 N–H and O–H groups in total. The van der Waals surface area contributed by atoms with Crippen LogP contribution in [0, 0.1) is 0 Å². The molecule has 3 heterocycles. The van der Waals surface area contributed by atoms with Crippen molar-refractivity contribution in [3.8, 4) is 0 Å². The molecule has 0 amide bonds. The molecule has 1 aliphatic heterocycles. The highest BCUT2D eigenvalue weighted by Gasteiger charge is 2.53. The molecule has 0 unspecified atom stereocenters. The first-order chi connectivity index (χ1) is 9.86. The lowest BCUT2D eigenvalue weighted by Crippen LogP contribution is -2.41. The first-order valence-electron chi connectivity index (χ1n) is 7.53. The van der Waals surface area contributed by atoms with Crippen LogP contribution in [0.25, 0.3) is 11.0 Å². The van der Waals surface area contributed by atoms with Gasteiger partial charge in [0.25, 0.3) is 0 Å².